The van der Waals surface area contributed by atoms with E-state index in [0.717, 1.165) is 17.8 Å². The minimum Gasteiger partial charge on any atom is -0.467 e. The number of amides is 1. The molecule has 0 aromatic carbocycles. The Morgan fingerprint density at radius 3 is 3.16 bits per heavy atom. The van der Waals surface area contributed by atoms with Crippen LogP contribution in [-0.2, 0) is 6.42 Å². The quantitative estimate of drug-likeness (QED) is 0.850. The summed E-state index contributed by atoms with van der Waals surface area (Å²) in [5.74, 6) is 0.224. The number of hydrogen-bond acceptors (Lipinski definition) is 5. The highest BCUT2D eigenvalue weighted by atomic mass is 32.1. The minimum absolute atomic E-state index is 0.118. The van der Waals surface area contributed by atoms with Gasteiger partial charge in [-0.25, -0.2) is 4.98 Å². The van der Waals surface area contributed by atoms with Crippen molar-refractivity contribution in [2.75, 3.05) is 6.54 Å². The molecule has 2 heterocycles. The van der Waals surface area contributed by atoms with E-state index in [-0.39, 0.29) is 12.5 Å². The molecule has 0 bridgehead atoms. The lowest BCUT2D eigenvalue weighted by molar-refractivity contribution is 0.0905. The zero-order valence-electron chi connectivity index (χ0n) is 10.6. The smallest absolute Gasteiger partial charge is 0.263 e. The monoisotopic (exact) mass is 280 g/mol. The first-order chi connectivity index (χ1) is 9.20. The molecule has 1 amide bonds. The molecule has 5 nitrogen and oxygen atoms in total. The maximum absolute atomic E-state index is 11.9. The number of carbonyl (C=O) groups is 1. The molecule has 0 aliphatic carbocycles. The van der Waals surface area contributed by atoms with Crippen molar-refractivity contribution in [2.45, 2.75) is 25.9 Å². The highest BCUT2D eigenvalue weighted by Crippen LogP contribution is 2.15. The fraction of sp³-hybridized carbons (Fsp3) is 0.385. The van der Waals surface area contributed by atoms with Gasteiger partial charge in [-0.05, 0) is 25.0 Å². The van der Waals surface area contributed by atoms with Gasteiger partial charge in [-0.1, -0.05) is 6.92 Å². The number of aromatic nitrogens is 1. The fourth-order valence-corrected chi connectivity index (χ4v) is 2.54. The molecule has 0 fully saturated rings. The first-order valence-electron chi connectivity index (χ1n) is 6.15. The Kier molecular flexibility index (Phi) is 4.70. The Hall–Kier alpha value is -1.66. The molecular formula is C13H16N2O3S. The second kappa shape index (κ2) is 6.49. The fourth-order valence-electron chi connectivity index (χ4n) is 1.60. The van der Waals surface area contributed by atoms with Crippen LogP contribution in [0.4, 0.5) is 0 Å². The number of rotatable bonds is 6. The highest BCUT2D eigenvalue weighted by Gasteiger charge is 2.14. The normalized spacial score (nSPS) is 12.3. The van der Waals surface area contributed by atoms with Crippen molar-refractivity contribution < 1.29 is 14.3 Å². The third-order valence-electron chi connectivity index (χ3n) is 2.57. The maximum atomic E-state index is 11.9. The molecule has 0 spiro atoms. The second-order valence-corrected chi connectivity index (χ2v) is 5.22. The van der Waals surface area contributed by atoms with E-state index in [1.807, 2.05) is 0 Å². The minimum atomic E-state index is -0.831. The zero-order chi connectivity index (χ0) is 13.7. The number of aryl methyl sites for hydroxylation is 1. The first kappa shape index (κ1) is 13.8. The zero-order valence-corrected chi connectivity index (χ0v) is 11.4. The SMILES string of the molecule is CCCc1ncc(C(=O)NC[C@@H](O)c2ccco2)s1. The average molecular weight is 280 g/mol. The molecule has 6 heteroatoms. The summed E-state index contributed by atoms with van der Waals surface area (Å²) in [4.78, 5) is 16.6. The van der Waals surface area contributed by atoms with Gasteiger partial charge in [0.1, 0.15) is 16.7 Å². The van der Waals surface area contributed by atoms with Gasteiger partial charge in [0.15, 0.2) is 0 Å². The van der Waals surface area contributed by atoms with Gasteiger partial charge in [-0.15, -0.1) is 11.3 Å². The number of nitrogens with one attached hydrogen (secondary N) is 1. The molecule has 2 rings (SSSR count). The van der Waals surface area contributed by atoms with E-state index in [0.29, 0.717) is 10.6 Å². The van der Waals surface area contributed by atoms with E-state index in [1.165, 1.54) is 17.6 Å². The van der Waals surface area contributed by atoms with E-state index in [1.54, 1.807) is 18.3 Å². The Balaban J connectivity index is 1.86. The average Bonchev–Trinajstić information content (AvgIpc) is 3.06. The lowest BCUT2D eigenvalue weighted by Gasteiger charge is -2.08. The molecule has 0 aliphatic heterocycles. The summed E-state index contributed by atoms with van der Waals surface area (Å²) in [6.07, 6.45) is 4.12. The van der Waals surface area contributed by atoms with Crippen LogP contribution in [0.5, 0.6) is 0 Å². The van der Waals surface area contributed by atoms with Crippen LogP contribution in [0.25, 0.3) is 0 Å². The van der Waals surface area contributed by atoms with Crippen molar-refractivity contribution in [3.63, 3.8) is 0 Å². The van der Waals surface area contributed by atoms with Crippen LogP contribution in [0, 0.1) is 0 Å². The Labute approximate surface area is 115 Å². The van der Waals surface area contributed by atoms with Gasteiger partial charge in [0.2, 0.25) is 0 Å². The molecule has 2 aromatic rings. The van der Waals surface area contributed by atoms with Crippen molar-refractivity contribution in [1.82, 2.24) is 10.3 Å². The number of aliphatic hydroxyl groups is 1. The third kappa shape index (κ3) is 3.65. The summed E-state index contributed by atoms with van der Waals surface area (Å²) in [6.45, 7) is 2.19. The van der Waals surface area contributed by atoms with Crippen LogP contribution in [0.1, 0.15) is 39.9 Å². The van der Waals surface area contributed by atoms with E-state index in [4.69, 9.17) is 4.42 Å². The lowest BCUT2D eigenvalue weighted by Crippen LogP contribution is -2.27. The summed E-state index contributed by atoms with van der Waals surface area (Å²) >= 11 is 1.39. The lowest BCUT2D eigenvalue weighted by atomic mass is 10.2. The van der Waals surface area contributed by atoms with Crippen LogP contribution < -0.4 is 5.32 Å². The third-order valence-corrected chi connectivity index (χ3v) is 3.62. The number of thiazole rings is 1. The van der Waals surface area contributed by atoms with E-state index in [9.17, 15) is 9.90 Å². The summed E-state index contributed by atoms with van der Waals surface area (Å²) < 4.78 is 5.06. The predicted molar refractivity (Wildman–Crippen MR) is 72.1 cm³/mol. The van der Waals surface area contributed by atoms with Crippen molar-refractivity contribution in [3.8, 4) is 0 Å². The molecule has 0 aliphatic rings. The molecule has 0 radical (unpaired) electrons. The second-order valence-electron chi connectivity index (χ2n) is 4.11. The molecule has 2 aromatic heterocycles. The summed E-state index contributed by atoms with van der Waals surface area (Å²) in [7, 11) is 0. The molecule has 0 unspecified atom stereocenters. The molecule has 19 heavy (non-hydrogen) atoms. The van der Waals surface area contributed by atoms with E-state index in [2.05, 4.69) is 17.2 Å². The molecule has 2 N–H and O–H groups in total. The predicted octanol–water partition coefficient (Wildman–Crippen LogP) is 2.15. The summed E-state index contributed by atoms with van der Waals surface area (Å²) in [5.41, 5.74) is 0. The van der Waals surface area contributed by atoms with Crippen LogP contribution in [0.2, 0.25) is 0 Å². The summed E-state index contributed by atoms with van der Waals surface area (Å²) in [5, 5.41) is 13.4. The highest BCUT2D eigenvalue weighted by molar-refractivity contribution is 7.13. The van der Waals surface area contributed by atoms with Gasteiger partial charge in [0, 0.05) is 0 Å². The van der Waals surface area contributed by atoms with Gasteiger partial charge < -0.3 is 14.8 Å². The van der Waals surface area contributed by atoms with Crippen molar-refractivity contribution >= 4 is 17.2 Å². The number of carbonyl (C=O) groups excluding carboxylic acids is 1. The summed E-state index contributed by atoms with van der Waals surface area (Å²) in [6, 6.07) is 3.36. The number of hydrogen-bond donors (Lipinski definition) is 2. The van der Waals surface area contributed by atoms with E-state index >= 15 is 0 Å². The topological polar surface area (TPSA) is 75.4 Å². The van der Waals surface area contributed by atoms with Gasteiger partial charge in [-0.2, -0.15) is 0 Å². The van der Waals surface area contributed by atoms with Crippen LogP contribution in [0.3, 0.4) is 0 Å². The number of nitrogens with zero attached hydrogens (tertiary/aromatic N) is 1. The maximum Gasteiger partial charge on any atom is 0.263 e. The van der Waals surface area contributed by atoms with Gasteiger partial charge in [-0.3, -0.25) is 4.79 Å². The van der Waals surface area contributed by atoms with Crippen molar-refractivity contribution in [2.24, 2.45) is 0 Å². The molecule has 0 saturated heterocycles. The van der Waals surface area contributed by atoms with Gasteiger partial charge in [0.05, 0.1) is 24.0 Å². The molecule has 1 atom stereocenters. The largest absolute Gasteiger partial charge is 0.467 e. The van der Waals surface area contributed by atoms with Crippen molar-refractivity contribution in [1.29, 1.82) is 0 Å². The van der Waals surface area contributed by atoms with Gasteiger partial charge >= 0.3 is 0 Å². The Bertz CT molecular complexity index is 522. The Morgan fingerprint density at radius 2 is 2.47 bits per heavy atom. The standard InChI is InChI=1S/C13H16N2O3S/c1-2-4-12-14-8-11(19-12)13(17)15-7-9(16)10-5-3-6-18-10/h3,5-6,8-9,16H,2,4,7H2,1H3,(H,15,17)/t9-/m1/s1. The van der Waals surface area contributed by atoms with Crippen LogP contribution in [0.15, 0.2) is 29.0 Å². The molecule has 102 valence electrons. The molecule has 0 saturated carbocycles. The Morgan fingerprint density at radius 1 is 1.63 bits per heavy atom. The first-order valence-corrected chi connectivity index (χ1v) is 6.96. The van der Waals surface area contributed by atoms with Crippen molar-refractivity contribution in [3.05, 3.63) is 40.2 Å². The number of aliphatic hydroxyl groups excluding tert-OH is 1. The van der Waals surface area contributed by atoms with Crippen LogP contribution in [-0.4, -0.2) is 22.5 Å². The molecular weight excluding hydrogens is 264 g/mol. The van der Waals surface area contributed by atoms with Crippen LogP contribution >= 0.6 is 11.3 Å². The number of furan rings is 1. The van der Waals surface area contributed by atoms with Gasteiger partial charge in [0.25, 0.3) is 5.91 Å². The van der Waals surface area contributed by atoms with E-state index < -0.39 is 6.10 Å².